The predicted octanol–water partition coefficient (Wildman–Crippen LogP) is 3.12. The first-order valence-corrected chi connectivity index (χ1v) is 11.5. The summed E-state index contributed by atoms with van der Waals surface area (Å²) < 4.78 is 2.04. The van der Waals surface area contributed by atoms with Crippen LogP contribution in [0.25, 0.3) is 4.96 Å². The minimum absolute atomic E-state index is 0.0356. The van der Waals surface area contributed by atoms with Crippen molar-refractivity contribution in [2.45, 2.75) is 32.2 Å². The lowest BCUT2D eigenvalue weighted by atomic mass is 9.90. The van der Waals surface area contributed by atoms with E-state index in [1.165, 1.54) is 0 Å². The third-order valence-corrected chi connectivity index (χ3v) is 6.91. The van der Waals surface area contributed by atoms with Gasteiger partial charge in [-0.25, -0.2) is 4.98 Å². The lowest BCUT2D eigenvalue weighted by molar-refractivity contribution is 0.0771. The first-order chi connectivity index (χ1) is 14.7. The van der Waals surface area contributed by atoms with Crippen LogP contribution in [0.15, 0.2) is 36.1 Å². The molecule has 2 aliphatic rings. The van der Waals surface area contributed by atoms with Crippen molar-refractivity contribution in [3.05, 3.63) is 53.1 Å². The maximum atomic E-state index is 13.1. The monoisotopic (exact) mass is 423 g/mol. The molecule has 0 bridgehead atoms. The second-order valence-corrected chi connectivity index (χ2v) is 9.02. The number of likely N-dealkylation sites (tertiary alicyclic amines) is 2. The van der Waals surface area contributed by atoms with Gasteiger partial charge in [0.25, 0.3) is 5.91 Å². The van der Waals surface area contributed by atoms with Crippen molar-refractivity contribution in [1.29, 1.82) is 0 Å². The Hall–Kier alpha value is -2.58. The molecular weight excluding hydrogens is 398 g/mol. The summed E-state index contributed by atoms with van der Waals surface area (Å²) in [4.78, 5) is 39.9. The topological polar surface area (TPSA) is 70.8 Å². The first-order valence-electron chi connectivity index (χ1n) is 10.6. The zero-order chi connectivity index (χ0) is 20.5. The maximum Gasteiger partial charge on any atom is 0.274 e. The standard InChI is InChI=1S/C22H25N5O2S/c28-20(16-5-3-7-23-13-16)17-6-4-8-25(14-17)15-18-19(21(29)26-9-1-2-10-26)24-22-27(18)11-12-30-22/h3,5,7,11-13,17H,1-2,4,6,8-10,14-15H2/t17-/m1/s1. The number of hydrogen-bond acceptors (Lipinski definition) is 6. The van der Waals surface area contributed by atoms with Crippen LogP contribution in [0.3, 0.4) is 0 Å². The number of Topliss-reactive ketones (excluding diaryl/α,β-unsaturated/α-hetero) is 1. The molecule has 8 heteroatoms. The zero-order valence-electron chi connectivity index (χ0n) is 16.9. The fraction of sp³-hybridized carbons (Fsp3) is 0.455. The number of carbonyl (C=O) groups is 2. The molecule has 30 heavy (non-hydrogen) atoms. The van der Waals surface area contributed by atoms with Crippen molar-refractivity contribution in [1.82, 2.24) is 24.2 Å². The minimum Gasteiger partial charge on any atom is -0.337 e. The lowest BCUT2D eigenvalue weighted by Crippen LogP contribution is -2.39. The quantitative estimate of drug-likeness (QED) is 0.590. The van der Waals surface area contributed by atoms with Gasteiger partial charge in [0.1, 0.15) is 0 Å². The molecule has 7 nitrogen and oxygen atoms in total. The maximum absolute atomic E-state index is 13.1. The van der Waals surface area contributed by atoms with Crippen LogP contribution in [0.2, 0.25) is 0 Å². The number of piperidine rings is 1. The lowest BCUT2D eigenvalue weighted by Gasteiger charge is -2.32. The number of ketones is 1. The predicted molar refractivity (Wildman–Crippen MR) is 115 cm³/mol. The van der Waals surface area contributed by atoms with Crippen molar-refractivity contribution in [2.24, 2.45) is 5.92 Å². The normalized spacial score (nSPS) is 20.1. The van der Waals surface area contributed by atoms with Crippen molar-refractivity contribution in [3.63, 3.8) is 0 Å². The van der Waals surface area contributed by atoms with E-state index in [-0.39, 0.29) is 17.6 Å². The first kappa shape index (κ1) is 19.4. The molecule has 0 unspecified atom stereocenters. The molecule has 0 spiro atoms. The van der Waals surface area contributed by atoms with Gasteiger partial charge in [-0.1, -0.05) is 0 Å². The molecule has 2 aliphatic heterocycles. The molecule has 0 saturated carbocycles. The summed E-state index contributed by atoms with van der Waals surface area (Å²) in [6.45, 7) is 3.88. The van der Waals surface area contributed by atoms with Gasteiger partial charge in [0.15, 0.2) is 16.4 Å². The highest BCUT2D eigenvalue weighted by Crippen LogP contribution is 2.26. The minimum atomic E-state index is -0.0356. The highest BCUT2D eigenvalue weighted by atomic mass is 32.1. The number of fused-ring (bicyclic) bond motifs is 1. The van der Waals surface area contributed by atoms with Gasteiger partial charge >= 0.3 is 0 Å². The number of amides is 1. The van der Waals surface area contributed by atoms with E-state index >= 15 is 0 Å². The van der Waals surface area contributed by atoms with Gasteiger partial charge in [-0.2, -0.15) is 0 Å². The molecule has 0 N–H and O–H groups in total. The van der Waals surface area contributed by atoms with Crippen LogP contribution in [0.5, 0.6) is 0 Å². The summed E-state index contributed by atoms with van der Waals surface area (Å²) in [7, 11) is 0. The van der Waals surface area contributed by atoms with Crippen molar-refractivity contribution in [3.8, 4) is 0 Å². The highest BCUT2D eigenvalue weighted by molar-refractivity contribution is 7.15. The number of hydrogen-bond donors (Lipinski definition) is 0. The Morgan fingerprint density at radius 2 is 2.03 bits per heavy atom. The molecule has 0 aromatic carbocycles. The van der Waals surface area contributed by atoms with Crippen LogP contribution in [0, 0.1) is 5.92 Å². The summed E-state index contributed by atoms with van der Waals surface area (Å²) >= 11 is 1.55. The van der Waals surface area contributed by atoms with Crippen LogP contribution in [-0.4, -0.2) is 62.0 Å². The Bertz CT molecular complexity index is 1050. The van der Waals surface area contributed by atoms with Crippen LogP contribution in [0.1, 0.15) is 52.2 Å². The second-order valence-electron chi connectivity index (χ2n) is 8.14. The van der Waals surface area contributed by atoms with Crippen LogP contribution in [-0.2, 0) is 6.54 Å². The van der Waals surface area contributed by atoms with E-state index in [0.29, 0.717) is 24.3 Å². The average molecular weight is 424 g/mol. The van der Waals surface area contributed by atoms with Crippen LogP contribution in [0.4, 0.5) is 0 Å². The van der Waals surface area contributed by atoms with E-state index in [0.717, 1.165) is 56.0 Å². The molecule has 2 fully saturated rings. The third-order valence-electron chi connectivity index (χ3n) is 6.15. The summed E-state index contributed by atoms with van der Waals surface area (Å²) in [6.07, 6.45) is 9.32. The van der Waals surface area contributed by atoms with Gasteiger partial charge in [0.05, 0.1) is 5.69 Å². The van der Waals surface area contributed by atoms with E-state index < -0.39 is 0 Å². The van der Waals surface area contributed by atoms with Gasteiger partial charge in [0.2, 0.25) is 0 Å². The molecule has 0 radical (unpaired) electrons. The van der Waals surface area contributed by atoms with Gasteiger partial charge in [-0.15, -0.1) is 11.3 Å². The summed E-state index contributed by atoms with van der Waals surface area (Å²) in [5, 5.41) is 2.00. The van der Waals surface area contributed by atoms with Crippen molar-refractivity contribution in [2.75, 3.05) is 26.2 Å². The van der Waals surface area contributed by atoms with Gasteiger partial charge in [-0.3, -0.25) is 23.9 Å². The number of rotatable bonds is 5. The Labute approximate surface area is 179 Å². The molecule has 2 saturated heterocycles. The van der Waals surface area contributed by atoms with Crippen molar-refractivity contribution >= 4 is 28.0 Å². The summed E-state index contributed by atoms with van der Waals surface area (Å²) in [5.74, 6) is 0.167. The third kappa shape index (κ3) is 3.65. The average Bonchev–Trinajstić information content (AvgIpc) is 3.53. The Morgan fingerprint density at radius 3 is 2.83 bits per heavy atom. The summed E-state index contributed by atoms with van der Waals surface area (Å²) in [6, 6.07) is 3.65. The van der Waals surface area contributed by atoms with Crippen LogP contribution >= 0.6 is 11.3 Å². The number of imidazole rings is 1. The fourth-order valence-electron chi connectivity index (χ4n) is 4.59. The highest BCUT2D eigenvalue weighted by Gasteiger charge is 2.30. The molecule has 156 valence electrons. The number of aromatic nitrogens is 3. The van der Waals surface area contributed by atoms with E-state index in [1.54, 1.807) is 23.7 Å². The van der Waals surface area contributed by atoms with E-state index in [1.807, 2.05) is 33.0 Å². The van der Waals surface area contributed by atoms with Gasteiger partial charge in [0, 0.05) is 61.6 Å². The molecule has 3 aromatic rings. The molecule has 5 heterocycles. The Balaban J connectivity index is 1.37. The van der Waals surface area contributed by atoms with E-state index in [2.05, 4.69) is 14.9 Å². The molecule has 1 atom stereocenters. The molecule has 5 rings (SSSR count). The second kappa shape index (κ2) is 8.28. The van der Waals surface area contributed by atoms with Crippen molar-refractivity contribution < 1.29 is 9.59 Å². The SMILES string of the molecule is O=C(c1cccnc1)[C@@H]1CCCN(Cc2c(C(=O)N3CCCC3)nc3sccn23)C1. The zero-order valence-corrected chi connectivity index (χ0v) is 17.7. The van der Waals surface area contributed by atoms with Gasteiger partial charge < -0.3 is 4.90 Å². The van der Waals surface area contributed by atoms with E-state index in [4.69, 9.17) is 0 Å². The molecule has 0 aliphatic carbocycles. The van der Waals surface area contributed by atoms with Gasteiger partial charge in [-0.05, 0) is 44.4 Å². The largest absolute Gasteiger partial charge is 0.337 e. The van der Waals surface area contributed by atoms with Crippen LogP contribution < -0.4 is 0 Å². The Kier molecular flexibility index (Phi) is 5.35. The number of thiazole rings is 1. The van der Waals surface area contributed by atoms with E-state index in [9.17, 15) is 9.59 Å². The summed E-state index contributed by atoms with van der Waals surface area (Å²) in [5.41, 5.74) is 2.20. The molecular formula is C22H25N5O2S. The number of pyridine rings is 1. The molecule has 3 aromatic heterocycles. The molecule has 1 amide bonds. The number of nitrogens with zero attached hydrogens (tertiary/aromatic N) is 5. The number of carbonyl (C=O) groups excluding carboxylic acids is 2. The Morgan fingerprint density at radius 1 is 1.17 bits per heavy atom. The fourth-order valence-corrected chi connectivity index (χ4v) is 5.33. The smallest absolute Gasteiger partial charge is 0.274 e.